The largest absolute Gasteiger partial charge is 0.412 e. The smallest absolute Gasteiger partial charge is 0.166 e. The monoisotopic (exact) mass is 192 g/mol. The van der Waals surface area contributed by atoms with Crippen LogP contribution in [0.25, 0.3) is 0 Å². The molecule has 0 amide bonds. The minimum Gasteiger partial charge on any atom is -0.166 e. The fourth-order valence-corrected chi connectivity index (χ4v) is 1.72. The van der Waals surface area contributed by atoms with Gasteiger partial charge in [-0.2, -0.15) is 13.2 Å². The van der Waals surface area contributed by atoms with Gasteiger partial charge >= 0.3 is 6.18 Å². The molecule has 0 nitrogen and oxygen atoms in total. The summed E-state index contributed by atoms with van der Waals surface area (Å²) in [5.74, 6) is 0.928. The molecule has 1 rings (SSSR count). The van der Waals surface area contributed by atoms with Crippen molar-refractivity contribution >= 4 is 0 Å². The Morgan fingerprint density at radius 3 is 2.31 bits per heavy atom. The molecular weight excluding hydrogens is 177 g/mol. The lowest BCUT2D eigenvalue weighted by Crippen LogP contribution is -2.19. The maximum absolute atomic E-state index is 12.2. The summed E-state index contributed by atoms with van der Waals surface area (Å²) in [5.41, 5.74) is -0.329. The highest BCUT2D eigenvalue weighted by Gasteiger charge is 2.35. The van der Waals surface area contributed by atoms with Crippen LogP contribution in [0.5, 0.6) is 0 Å². The van der Waals surface area contributed by atoms with E-state index in [0.29, 0.717) is 24.7 Å². The molecule has 0 radical (unpaired) electrons. The van der Waals surface area contributed by atoms with E-state index in [4.69, 9.17) is 0 Å². The molecule has 3 heteroatoms. The number of alkyl halides is 3. The molecule has 0 fully saturated rings. The van der Waals surface area contributed by atoms with Gasteiger partial charge < -0.3 is 0 Å². The minimum absolute atomic E-state index is 0.201. The molecule has 0 aromatic heterocycles. The van der Waals surface area contributed by atoms with Crippen molar-refractivity contribution in [3.05, 3.63) is 11.6 Å². The first kappa shape index (κ1) is 10.6. The van der Waals surface area contributed by atoms with E-state index in [1.165, 1.54) is 6.08 Å². The summed E-state index contributed by atoms with van der Waals surface area (Å²) in [7, 11) is 0. The van der Waals surface area contributed by atoms with Crippen molar-refractivity contribution in [2.75, 3.05) is 0 Å². The van der Waals surface area contributed by atoms with Gasteiger partial charge in [0.1, 0.15) is 0 Å². The van der Waals surface area contributed by atoms with Gasteiger partial charge in [-0.3, -0.25) is 0 Å². The van der Waals surface area contributed by atoms with Crippen LogP contribution in [0.15, 0.2) is 11.6 Å². The average Bonchev–Trinajstić information content (AvgIpc) is 2.03. The highest BCUT2D eigenvalue weighted by molar-refractivity contribution is 5.12. The first-order valence-corrected chi connectivity index (χ1v) is 4.67. The molecule has 1 aliphatic carbocycles. The Labute approximate surface area is 76.8 Å². The van der Waals surface area contributed by atoms with E-state index in [1.807, 2.05) is 0 Å². The summed E-state index contributed by atoms with van der Waals surface area (Å²) in [6.07, 6.45) is -1.25. The summed E-state index contributed by atoms with van der Waals surface area (Å²) < 4.78 is 36.6. The van der Waals surface area contributed by atoms with Crippen LogP contribution < -0.4 is 0 Å². The predicted octanol–water partition coefficient (Wildman–Crippen LogP) is 3.93. The second-order valence-corrected chi connectivity index (χ2v) is 4.01. The molecule has 0 spiro atoms. The van der Waals surface area contributed by atoms with Gasteiger partial charge in [0.25, 0.3) is 0 Å². The van der Waals surface area contributed by atoms with Crippen molar-refractivity contribution in [2.24, 2.45) is 11.8 Å². The zero-order valence-corrected chi connectivity index (χ0v) is 7.99. The Morgan fingerprint density at radius 1 is 1.38 bits per heavy atom. The van der Waals surface area contributed by atoms with E-state index >= 15 is 0 Å². The van der Waals surface area contributed by atoms with Gasteiger partial charge in [-0.05, 0) is 31.1 Å². The fourth-order valence-electron chi connectivity index (χ4n) is 1.72. The van der Waals surface area contributed by atoms with Crippen LogP contribution in [0, 0.1) is 11.8 Å². The zero-order valence-electron chi connectivity index (χ0n) is 7.99. The van der Waals surface area contributed by atoms with Crippen LogP contribution in [0.1, 0.15) is 33.1 Å². The van der Waals surface area contributed by atoms with Crippen LogP contribution in [-0.2, 0) is 0 Å². The number of allylic oxidation sites excluding steroid dienone is 2. The van der Waals surface area contributed by atoms with E-state index in [2.05, 4.69) is 13.8 Å². The Bertz CT molecular complexity index is 201. The van der Waals surface area contributed by atoms with E-state index in [-0.39, 0.29) is 12.0 Å². The second kappa shape index (κ2) is 3.72. The van der Waals surface area contributed by atoms with Crippen molar-refractivity contribution in [3.8, 4) is 0 Å². The standard InChI is InChI=1S/C10H15F3/c1-7(2)8-3-5-9(6-4-8)10(11,12)13/h5,7-8H,3-4,6H2,1-2H3. The van der Waals surface area contributed by atoms with Crippen LogP contribution in [0.2, 0.25) is 0 Å². The molecule has 1 aliphatic rings. The van der Waals surface area contributed by atoms with Crippen LogP contribution in [-0.4, -0.2) is 6.18 Å². The van der Waals surface area contributed by atoms with Crippen molar-refractivity contribution in [1.29, 1.82) is 0 Å². The number of rotatable bonds is 1. The number of hydrogen-bond acceptors (Lipinski definition) is 0. The molecule has 0 aromatic rings. The molecule has 1 atom stereocenters. The molecular formula is C10H15F3. The third kappa shape index (κ3) is 2.75. The summed E-state index contributed by atoms with van der Waals surface area (Å²) in [6, 6.07) is 0. The molecule has 0 N–H and O–H groups in total. The van der Waals surface area contributed by atoms with E-state index in [1.54, 1.807) is 0 Å². The second-order valence-electron chi connectivity index (χ2n) is 4.01. The molecule has 13 heavy (non-hydrogen) atoms. The highest BCUT2D eigenvalue weighted by Crippen LogP contribution is 2.37. The molecule has 0 bridgehead atoms. The zero-order chi connectivity index (χ0) is 10.1. The van der Waals surface area contributed by atoms with Gasteiger partial charge in [-0.25, -0.2) is 0 Å². The minimum atomic E-state index is -4.10. The fraction of sp³-hybridized carbons (Fsp3) is 0.800. The third-order valence-electron chi connectivity index (χ3n) is 2.76. The van der Waals surface area contributed by atoms with Gasteiger partial charge in [-0.1, -0.05) is 19.9 Å². The molecule has 0 aromatic carbocycles. The lowest BCUT2D eigenvalue weighted by atomic mass is 9.82. The Hall–Kier alpha value is -0.470. The molecule has 76 valence electrons. The summed E-state index contributed by atoms with van der Waals surface area (Å²) in [5, 5.41) is 0. The van der Waals surface area contributed by atoms with Gasteiger partial charge in [0.05, 0.1) is 0 Å². The normalized spacial score (nSPS) is 24.8. The van der Waals surface area contributed by atoms with Crippen molar-refractivity contribution < 1.29 is 13.2 Å². The van der Waals surface area contributed by atoms with E-state index < -0.39 is 6.18 Å². The molecule has 1 unspecified atom stereocenters. The predicted molar refractivity (Wildman–Crippen MR) is 46.3 cm³/mol. The van der Waals surface area contributed by atoms with E-state index in [0.717, 1.165) is 0 Å². The first-order valence-electron chi connectivity index (χ1n) is 4.67. The van der Waals surface area contributed by atoms with Crippen molar-refractivity contribution in [3.63, 3.8) is 0 Å². The van der Waals surface area contributed by atoms with Crippen molar-refractivity contribution in [2.45, 2.75) is 39.3 Å². The van der Waals surface area contributed by atoms with Gasteiger partial charge in [0.15, 0.2) is 0 Å². The third-order valence-corrected chi connectivity index (χ3v) is 2.76. The highest BCUT2D eigenvalue weighted by atomic mass is 19.4. The molecule has 0 aliphatic heterocycles. The van der Waals surface area contributed by atoms with Crippen LogP contribution >= 0.6 is 0 Å². The van der Waals surface area contributed by atoms with Crippen molar-refractivity contribution in [1.82, 2.24) is 0 Å². The van der Waals surface area contributed by atoms with Gasteiger partial charge in [0.2, 0.25) is 0 Å². The molecule has 0 saturated carbocycles. The van der Waals surface area contributed by atoms with Gasteiger partial charge in [0, 0.05) is 5.57 Å². The number of halogens is 3. The summed E-state index contributed by atoms with van der Waals surface area (Å²) >= 11 is 0. The summed E-state index contributed by atoms with van der Waals surface area (Å²) in [4.78, 5) is 0. The Kier molecular flexibility index (Phi) is 3.04. The van der Waals surface area contributed by atoms with Gasteiger partial charge in [-0.15, -0.1) is 0 Å². The topological polar surface area (TPSA) is 0 Å². The lowest BCUT2D eigenvalue weighted by Gasteiger charge is -2.25. The molecule has 0 heterocycles. The quantitative estimate of drug-likeness (QED) is 0.552. The first-order chi connectivity index (χ1) is 5.91. The van der Waals surface area contributed by atoms with E-state index in [9.17, 15) is 13.2 Å². The lowest BCUT2D eigenvalue weighted by molar-refractivity contribution is -0.0958. The van der Waals surface area contributed by atoms with Crippen LogP contribution in [0.4, 0.5) is 13.2 Å². The Balaban J connectivity index is 2.58. The Morgan fingerprint density at radius 2 is 2.00 bits per heavy atom. The summed E-state index contributed by atoms with van der Waals surface area (Å²) in [6.45, 7) is 4.13. The van der Waals surface area contributed by atoms with Crippen LogP contribution in [0.3, 0.4) is 0 Å². The maximum Gasteiger partial charge on any atom is 0.412 e. The number of hydrogen-bond donors (Lipinski definition) is 0. The molecule has 0 saturated heterocycles. The SMILES string of the molecule is CC(C)C1CC=C(C(F)(F)F)CC1. The average molecular weight is 192 g/mol. The maximum atomic E-state index is 12.2.